The first kappa shape index (κ1) is 12.6. The summed E-state index contributed by atoms with van der Waals surface area (Å²) < 4.78 is 5.53. The number of ether oxygens (including phenoxy) is 1. The zero-order chi connectivity index (χ0) is 12.5. The predicted octanol–water partition coefficient (Wildman–Crippen LogP) is 2.68. The Morgan fingerprint density at radius 2 is 1.82 bits per heavy atom. The molecule has 1 aliphatic rings. The maximum absolute atomic E-state index is 9.33. The molecular formula is C15H22O2. The Morgan fingerprint density at radius 3 is 2.24 bits per heavy atom. The number of aliphatic hydroxyl groups is 1. The summed E-state index contributed by atoms with van der Waals surface area (Å²) in [6.07, 6.45) is 3.35. The highest BCUT2D eigenvalue weighted by atomic mass is 16.5. The van der Waals surface area contributed by atoms with Crippen LogP contribution in [0.3, 0.4) is 0 Å². The average Bonchev–Trinajstić information content (AvgIpc) is 3.10. The van der Waals surface area contributed by atoms with Gasteiger partial charge in [-0.05, 0) is 24.0 Å². The fourth-order valence-electron chi connectivity index (χ4n) is 2.13. The monoisotopic (exact) mass is 234 g/mol. The van der Waals surface area contributed by atoms with Gasteiger partial charge in [0.25, 0.3) is 0 Å². The van der Waals surface area contributed by atoms with E-state index in [-0.39, 0.29) is 17.6 Å². The number of hydrogen-bond donors (Lipinski definition) is 1. The molecule has 1 N–H and O–H groups in total. The molecule has 2 heteroatoms. The van der Waals surface area contributed by atoms with Crippen molar-refractivity contribution < 1.29 is 9.84 Å². The maximum atomic E-state index is 9.33. The molecule has 94 valence electrons. The third-order valence-corrected chi connectivity index (χ3v) is 3.90. The smallest absolute Gasteiger partial charge is 0.0721 e. The van der Waals surface area contributed by atoms with Gasteiger partial charge in [-0.1, -0.05) is 38.1 Å². The summed E-state index contributed by atoms with van der Waals surface area (Å²) >= 11 is 0. The molecule has 1 fully saturated rings. The summed E-state index contributed by atoms with van der Waals surface area (Å²) in [5, 5.41) is 9.33. The lowest BCUT2D eigenvalue weighted by atomic mass is 9.85. The molecule has 0 aromatic heterocycles. The molecule has 1 saturated carbocycles. The van der Waals surface area contributed by atoms with Gasteiger partial charge in [0, 0.05) is 18.9 Å². The van der Waals surface area contributed by atoms with Crippen molar-refractivity contribution in [1.29, 1.82) is 0 Å². The van der Waals surface area contributed by atoms with E-state index in [0.717, 1.165) is 6.42 Å². The van der Waals surface area contributed by atoms with Gasteiger partial charge < -0.3 is 9.84 Å². The van der Waals surface area contributed by atoms with Crippen molar-refractivity contribution in [2.24, 2.45) is 0 Å². The zero-order valence-corrected chi connectivity index (χ0v) is 11.0. The fraction of sp³-hybridized carbons (Fsp3) is 0.600. The summed E-state index contributed by atoms with van der Waals surface area (Å²) in [5.74, 6) is 0. The van der Waals surface area contributed by atoms with Crippen LogP contribution in [0.5, 0.6) is 0 Å². The number of aliphatic hydroxyl groups excluding tert-OH is 1. The lowest BCUT2D eigenvalue weighted by Gasteiger charge is -2.22. The largest absolute Gasteiger partial charge is 0.395 e. The quantitative estimate of drug-likeness (QED) is 0.848. The van der Waals surface area contributed by atoms with Crippen LogP contribution in [0.15, 0.2) is 24.3 Å². The molecule has 0 spiro atoms. The van der Waals surface area contributed by atoms with E-state index in [1.807, 2.05) is 0 Å². The normalized spacial score (nSPS) is 18.1. The molecule has 0 atom stereocenters. The molecule has 0 bridgehead atoms. The van der Waals surface area contributed by atoms with E-state index in [4.69, 9.17) is 4.74 Å². The van der Waals surface area contributed by atoms with Gasteiger partial charge in [0.05, 0.1) is 12.2 Å². The first-order valence-electron chi connectivity index (χ1n) is 6.27. The minimum atomic E-state index is -0.156. The molecule has 0 heterocycles. The minimum absolute atomic E-state index is 0.119. The molecule has 17 heavy (non-hydrogen) atoms. The molecule has 2 nitrogen and oxygen atoms in total. The minimum Gasteiger partial charge on any atom is -0.395 e. The van der Waals surface area contributed by atoms with Gasteiger partial charge in [-0.3, -0.25) is 0 Å². The van der Waals surface area contributed by atoms with E-state index in [1.54, 1.807) is 7.11 Å². The number of benzene rings is 1. The fourth-order valence-corrected chi connectivity index (χ4v) is 2.13. The van der Waals surface area contributed by atoms with Crippen LogP contribution in [0.4, 0.5) is 0 Å². The summed E-state index contributed by atoms with van der Waals surface area (Å²) in [6, 6.07) is 8.56. The van der Waals surface area contributed by atoms with E-state index in [0.29, 0.717) is 0 Å². The zero-order valence-electron chi connectivity index (χ0n) is 11.0. The molecule has 1 aliphatic carbocycles. The number of rotatable bonds is 5. The van der Waals surface area contributed by atoms with Crippen LogP contribution in [0.2, 0.25) is 0 Å². The highest BCUT2D eigenvalue weighted by molar-refractivity contribution is 5.29. The second-order valence-corrected chi connectivity index (χ2v) is 5.80. The second-order valence-electron chi connectivity index (χ2n) is 5.80. The maximum Gasteiger partial charge on any atom is 0.0721 e. The highest BCUT2D eigenvalue weighted by Crippen LogP contribution is 2.41. The Balaban J connectivity index is 2.08. The van der Waals surface area contributed by atoms with Crippen LogP contribution >= 0.6 is 0 Å². The van der Waals surface area contributed by atoms with Crippen molar-refractivity contribution >= 4 is 0 Å². The van der Waals surface area contributed by atoms with Gasteiger partial charge in [-0.2, -0.15) is 0 Å². The lowest BCUT2D eigenvalue weighted by Crippen LogP contribution is -2.22. The molecular weight excluding hydrogens is 212 g/mol. The van der Waals surface area contributed by atoms with E-state index in [9.17, 15) is 5.11 Å². The third kappa shape index (κ3) is 2.70. The molecule has 1 aromatic carbocycles. The topological polar surface area (TPSA) is 29.5 Å². The van der Waals surface area contributed by atoms with Crippen LogP contribution < -0.4 is 0 Å². The first-order chi connectivity index (χ1) is 8.01. The Hall–Kier alpha value is -0.860. The van der Waals surface area contributed by atoms with Crippen LogP contribution in [-0.2, 0) is 16.6 Å². The standard InChI is InChI=1S/C15H22O2/c1-14(2,11-16)13-6-4-12(5-7-13)10-15(17-3)8-9-15/h4-7,16H,8-11H2,1-3H3. The van der Waals surface area contributed by atoms with Crippen molar-refractivity contribution in [3.63, 3.8) is 0 Å². The number of methoxy groups -OCH3 is 1. The Morgan fingerprint density at radius 1 is 1.24 bits per heavy atom. The van der Waals surface area contributed by atoms with Gasteiger partial charge in [0.1, 0.15) is 0 Å². The van der Waals surface area contributed by atoms with Crippen LogP contribution in [-0.4, -0.2) is 24.4 Å². The summed E-state index contributed by atoms with van der Waals surface area (Å²) in [6.45, 7) is 4.29. The molecule has 1 aromatic rings. The summed E-state index contributed by atoms with van der Waals surface area (Å²) in [4.78, 5) is 0. The van der Waals surface area contributed by atoms with Crippen molar-refractivity contribution in [2.45, 2.75) is 44.1 Å². The molecule has 0 unspecified atom stereocenters. The predicted molar refractivity (Wildman–Crippen MR) is 69.2 cm³/mol. The molecule has 0 radical (unpaired) electrons. The van der Waals surface area contributed by atoms with Crippen molar-refractivity contribution in [1.82, 2.24) is 0 Å². The van der Waals surface area contributed by atoms with Gasteiger partial charge in [0.15, 0.2) is 0 Å². The van der Waals surface area contributed by atoms with E-state index >= 15 is 0 Å². The molecule has 0 amide bonds. The average molecular weight is 234 g/mol. The summed E-state index contributed by atoms with van der Waals surface area (Å²) in [5.41, 5.74) is 2.47. The van der Waals surface area contributed by atoms with Gasteiger partial charge in [-0.15, -0.1) is 0 Å². The summed E-state index contributed by atoms with van der Waals surface area (Å²) in [7, 11) is 1.80. The Bertz CT molecular complexity index is 374. The van der Waals surface area contributed by atoms with Gasteiger partial charge in [-0.25, -0.2) is 0 Å². The van der Waals surface area contributed by atoms with E-state index in [2.05, 4.69) is 38.1 Å². The van der Waals surface area contributed by atoms with Crippen LogP contribution in [0.1, 0.15) is 37.8 Å². The first-order valence-corrected chi connectivity index (χ1v) is 6.27. The third-order valence-electron chi connectivity index (χ3n) is 3.90. The van der Waals surface area contributed by atoms with Crippen LogP contribution in [0.25, 0.3) is 0 Å². The Kier molecular flexibility index (Phi) is 3.28. The van der Waals surface area contributed by atoms with Crippen molar-refractivity contribution in [2.75, 3.05) is 13.7 Å². The van der Waals surface area contributed by atoms with Crippen LogP contribution in [0, 0.1) is 0 Å². The SMILES string of the molecule is COC1(Cc2ccc(C(C)(C)CO)cc2)CC1. The lowest BCUT2D eigenvalue weighted by molar-refractivity contribution is 0.0807. The Labute approximate surface area is 104 Å². The molecule has 0 aliphatic heterocycles. The number of hydrogen-bond acceptors (Lipinski definition) is 2. The van der Waals surface area contributed by atoms with Gasteiger partial charge in [0.2, 0.25) is 0 Å². The van der Waals surface area contributed by atoms with E-state index in [1.165, 1.54) is 24.0 Å². The van der Waals surface area contributed by atoms with Crippen molar-refractivity contribution in [3.8, 4) is 0 Å². The highest BCUT2D eigenvalue weighted by Gasteiger charge is 2.42. The van der Waals surface area contributed by atoms with E-state index < -0.39 is 0 Å². The van der Waals surface area contributed by atoms with Crippen molar-refractivity contribution in [3.05, 3.63) is 35.4 Å². The second kappa shape index (κ2) is 4.43. The van der Waals surface area contributed by atoms with Gasteiger partial charge >= 0.3 is 0 Å². The molecule has 0 saturated heterocycles. The molecule has 2 rings (SSSR count).